The van der Waals surface area contributed by atoms with Gasteiger partial charge in [-0.05, 0) is 25.3 Å². The summed E-state index contributed by atoms with van der Waals surface area (Å²) < 4.78 is 18.6. The van der Waals surface area contributed by atoms with Crippen LogP contribution in [0, 0.1) is 11.7 Å². The van der Waals surface area contributed by atoms with Crippen molar-refractivity contribution in [2.75, 3.05) is 13.2 Å². The van der Waals surface area contributed by atoms with Gasteiger partial charge in [0.1, 0.15) is 11.6 Å². The number of hydrogen-bond acceptors (Lipinski definition) is 3. The van der Waals surface area contributed by atoms with Gasteiger partial charge in [0.05, 0.1) is 0 Å². The first-order chi connectivity index (χ1) is 9.40. The van der Waals surface area contributed by atoms with Gasteiger partial charge in [-0.2, -0.15) is 0 Å². The Kier molecular flexibility index (Phi) is 6.45. The number of nitrogens with one attached hydrogen (secondary N) is 1. The smallest absolute Gasteiger partial charge is 0.257 e. The van der Waals surface area contributed by atoms with Gasteiger partial charge in [0, 0.05) is 24.2 Å². The Morgan fingerprint density at radius 1 is 1.40 bits per heavy atom. The molecule has 0 unspecified atom stereocenters. The van der Waals surface area contributed by atoms with Gasteiger partial charge < -0.3 is 15.8 Å². The molecule has 0 aliphatic heterocycles. The molecule has 0 radical (unpaired) electrons. The second-order valence-corrected chi connectivity index (χ2v) is 5.29. The van der Waals surface area contributed by atoms with Gasteiger partial charge in [0.15, 0.2) is 6.61 Å². The number of halogens is 1. The third-order valence-electron chi connectivity index (χ3n) is 2.87. The second-order valence-electron chi connectivity index (χ2n) is 5.29. The summed E-state index contributed by atoms with van der Waals surface area (Å²) in [7, 11) is 0. The molecule has 0 aliphatic carbocycles. The zero-order valence-corrected chi connectivity index (χ0v) is 12.3. The molecule has 1 atom stereocenters. The highest BCUT2D eigenvalue weighted by atomic mass is 19.1. The van der Waals surface area contributed by atoms with E-state index in [-0.39, 0.29) is 18.6 Å². The number of carbonyl (C=O) groups is 1. The van der Waals surface area contributed by atoms with Gasteiger partial charge in [-0.15, -0.1) is 0 Å². The standard InChI is InChI=1S/C15H23FN2O2/c1-10(2)6-7-18-15(19)9-20-14-8-12(16)4-5-13(14)11(3)17/h4-5,8,10-11H,6-7,9,17H2,1-3H3,(H,18,19)/t11-/m0/s1. The van der Waals surface area contributed by atoms with Crippen molar-refractivity contribution >= 4 is 5.91 Å². The molecule has 1 rings (SSSR count). The second kappa shape index (κ2) is 7.85. The first-order valence-electron chi connectivity index (χ1n) is 6.84. The quantitative estimate of drug-likeness (QED) is 0.807. The van der Waals surface area contributed by atoms with Gasteiger partial charge in [-0.3, -0.25) is 4.79 Å². The Morgan fingerprint density at radius 2 is 2.10 bits per heavy atom. The summed E-state index contributed by atoms with van der Waals surface area (Å²) >= 11 is 0. The average molecular weight is 282 g/mol. The third-order valence-corrected chi connectivity index (χ3v) is 2.87. The van der Waals surface area contributed by atoms with Crippen molar-refractivity contribution in [3.05, 3.63) is 29.6 Å². The maximum Gasteiger partial charge on any atom is 0.257 e. The van der Waals surface area contributed by atoms with Crippen molar-refractivity contribution in [2.45, 2.75) is 33.2 Å². The van der Waals surface area contributed by atoms with Crippen LogP contribution in [0.15, 0.2) is 18.2 Å². The maximum atomic E-state index is 13.2. The highest BCUT2D eigenvalue weighted by molar-refractivity contribution is 5.77. The van der Waals surface area contributed by atoms with Gasteiger partial charge in [0.25, 0.3) is 5.91 Å². The van der Waals surface area contributed by atoms with E-state index >= 15 is 0 Å². The fourth-order valence-corrected chi connectivity index (χ4v) is 1.70. The van der Waals surface area contributed by atoms with Crippen LogP contribution >= 0.6 is 0 Å². The minimum atomic E-state index is -0.412. The molecule has 0 aromatic heterocycles. The lowest BCUT2D eigenvalue weighted by Crippen LogP contribution is -2.30. The molecule has 0 fully saturated rings. The maximum absolute atomic E-state index is 13.2. The van der Waals surface area contributed by atoms with E-state index in [1.165, 1.54) is 12.1 Å². The van der Waals surface area contributed by atoms with Crippen LogP contribution in [0.5, 0.6) is 5.75 Å². The largest absolute Gasteiger partial charge is 0.483 e. The summed E-state index contributed by atoms with van der Waals surface area (Å²) in [5.74, 6) is 0.221. The van der Waals surface area contributed by atoms with E-state index in [1.54, 1.807) is 13.0 Å². The molecule has 4 nitrogen and oxygen atoms in total. The molecular formula is C15H23FN2O2. The van der Waals surface area contributed by atoms with Crippen molar-refractivity contribution in [3.63, 3.8) is 0 Å². The summed E-state index contributed by atoms with van der Waals surface area (Å²) in [6.45, 7) is 6.43. The minimum absolute atomic E-state index is 0.138. The zero-order valence-electron chi connectivity index (χ0n) is 12.3. The molecular weight excluding hydrogens is 259 g/mol. The summed E-state index contributed by atoms with van der Waals surface area (Å²) in [4.78, 5) is 11.6. The van der Waals surface area contributed by atoms with Crippen LogP contribution in [0.4, 0.5) is 4.39 Å². The van der Waals surface area contributed by atoms with Crippen molar-refractivity contribution in [1.29, 1.82) is 0 Å². The van der Waals surface area contributed by atoms with Crippen LogP contribution in [0.25, 0.3) is 0 Å². The first kappa shape index (κ1) is 16.4. The van der Waals surface area contributed by atoms with E-state index < -0.39 is 5.82 Å². The van der Waals surface area contributed by atoms with E-state index in [4.69, 9.17) is 10.5 Å². The Hall–Kier alpha value is -1.62. The Bertz CT molecular complexity index is 447. The molecule has 1 aromatic carbocycles. The molecule has 0 bridgehead atoms. The summed E-state index contributed by atoms with van der Waals surface area (Å²) in [5, 5.41) is 2.76. The third kappa shape index (κ3) is 5.57. The first-order valence-corrected chi connectivity index (χ1v) is 6.84. The molecule has 0 heterocycles. The zero-order chi connectivity index (χ0) is 15.1. The van der Waals surface area contributed by atoms with Gasteiger partial charge >= 0.3 is 0 Å². The number of benzene rings is 1. The van der Waals surface area contributed by atoms with Crippen LogP contribution in [-0.4, -0.2) is 19.1 Å². The van der Waals surface area contributed by atoms with Crippen molar-refractivity contribution in [1.82, 2.24) is 5.32 Å². The van der Waals surface area contributed by atoms with Crippen LogP contribution in [-0.2, 0) is 4.79 Å². The minimum Gasteiger partial charge on any atom is -0.483 e. The van der Waals surface area contributed by atoms with E-state index in [9.17, 15) is 9.18 Å². The SMILES string of the molecule is CC(C)CCNC(=O)COc1cc(F)ccc1[C@H](C)N. The predicted octanol–water partition coefficient (Wildman–Crippen LogP) is 2.39. The lowest BCUT2D eigenvalue weighted by Gasteiger charge is -2.14. The molecule has 0 saturated heterocycles. The van der Waals surface area contributed by atoms with Crippen LogP contribution in [0.2, 0.25) is 0 Å². The van der Waals surface area contributed by atoms with Crippen molar-refractivity contribution in [3.8, 4) is 5.75 Å². The van der Waals surface area contributed by atoms with E-state index in [0.717, 1.165) is 6.42 Å². The molecule has 1 amide bonds. The molecule has 1 aromatic rings. The Labute approximate surface area is 119 Å². The van der Waals surface area contributed by atoms with Gasteiger partial charge in [-0.25, -0.2) is 4.39 Å². The number of amides is 1. The van der Waals surface area contributed by atoms with Crippen molar-refractivity contribution in [2.24, 2.45) is 11.7 Å². The van der Waals surface area contributed by atoms with Gasteiger partial charge in [-0.1, -0.05) is 19.9 Å². The molecule has 3 N–H and O–H groups in total. The molecule has 0 saturated carbocycles. The number of rotatable bonds is 7. The topological polar surface area (TPSA) is 64.3 Å². The molecule has 5 heteroatoms. The van der Waals surface area contributed by atoms with E-state index in [0.29, 0.717) is 23.8 Å². The lowest BCUT2D eigenvalue weighted by molar-refractivity contribution is -0.123. The predicted molar refractivity (Wildman–Crippen MR) is 77.0 cm³/mol. The van der Waals surface area contributed by atoms with Gasteiger partial charge in [0.2, 0.25) is 0 Å². The summed E-state index contributed by atoms with van der Waals surface area (Å²) in [6.07, 6.45) is 0.913. The summed E-state index contributed by atoms with van der Waals surface area (Å²) in [5.41, 5.74) is 6.46. The Balaban J connectivity index is 2.52. The van der Waals surface area contributed by atoms with Crippen molar-refractivity contribution < 1.29 is 13.9 Å². The number of carbonyl (C=O) groups excluding carboxylic acids is 1. The normalized spacial score (nSPS) is 12.3. The number of ether oxygens (including phenoxy) is 1. The van der Waals surface area contributed by atoms with Crippen LogP contribution in [0.3, 0.4) is 0 Å². The molecule has 112 valence electrons. The highest BCUT2D eigenvalue weighted by Crippen LogP contribution is 2.24. The average Bonchev–Trinajstić information content (AvgIpc) is 2.35. The molecule has 0 spiro atoms. The monoisotopic (exact) mass is 282 g/mol. The number of nitrogens with two attached hydrogens (primary N) is 1. The van der Waals surface area contributed by atoms with E-state index in [2.05, 4.69) is 19.2 Å². The van der Waals surface area contributed by atoms with Crippen LogP contribution in [0.1, 0.15) is 38.8 Å². The fourth-order valence-electron chi connectivity index (χ4n) is 1.70. The highest BCUT2D eigenvalue weighted by Gasteiger charge is 2.11. The van der Waals surface area contributed by atoms with E-state index in [1.807, 2.05) is 0 Å². The number of hydrogen-bond donors (Lipinski definition) is 2. The lowest BCUT2D eigenvalue weighted by atomic mass is 10.1. The fraction of sp³-hybridized carbons (Fsp3) is 0.533. The Morgan fingerprint density at radius 3 is 2.70 bits per heavy atom. The molecule has 0 aliphatic rings. The summed E-state index contributed by atoms with van der Waals surface area (Å²) in [6, 6.07) is 3.87. The molecule has 20 heavy (non-hydrogen) atoms. The van der Waals surface area contributed by atoms with Crippen LogP contribution < -0.4 is 15.8 Å².